The van der Waals surface area contributed by atoms with Gasteiger partial charge >= 0.3 is 0 Å². The Balaban J connectivity index is 1.19. The summed E-state index contributed by atoms with van der Waals surface area (Å²) in [7, 11) is 0. The molecule has 0 saturated carbocycles. The molecular weight excluding hydrogens is 717 g/mol. The summed E-state index contributed by atoms with van der Waals surface area (Å²) in [5.41, 5.74) is 9.95. The minimum atomic E-state index is -0.433. The second-order valence-electron chi connectivity index (χ2n) is 14.0. The van der Waals surface area contributed by atoms with E-state index < -0.39 is 11.8 Å². The third-order valence-corrected chi connectivity index (χ3v) is 10.6. The molecule has 0 aliphatic carbocycles. The van der Waals surface area contributed by atoms with E-state index in [9.17, 15) is 10.1 Å². The maximum atomic E-state index is 15.0. The molecule has 0 spiro atoms. The summed E-state index contributed by atoms with van der Waals surface area (Å²) in [6.45, 7) is 7.54. The number of aromatic nitrogens is 3. The molecule has 9 aromatic rings. The molecule has 3 aromatic heterocycles. The molecule has 0 N–H and O–H groups in total. The van der Waals surface area contributed by atoms with Gasteiger partial charge in [0.05, 0.1) is 39.2 Å². The molecule has 0 radical (unpaired) electrons. The van der Waals surface area contributed by atoms with Crippen molar-refractivity contribution in [3.8, 4) is 56.5 Å². The quantitative estimate of drug-likeness (QED) is 0.125. The minimum Gasteiger partial charge on any atom is -0.361 e. The lowest BCUT2D eigenvalue weighted by Gasteiger charge is -2.18. The van der Waals surface area contributed by atoms with Crippen LogP contribution in [-0.2, 0) is 0 Å². The van der Waals surface area contributed by atoms with E-state index in [4.69, 9.17) is 6.57 Å². The molecule has 8 nitrogen and oxygen atoms in total. The molecule has 1 aliphatic rings. The molecular formula is C50H28N6O2. The van der Waals surface area contributed by atoms with Crippen molar-refractivity contribution in [2.45, 2.75) is 0 Å². The van der Waals surface area contributed by atoms with E-state index in [-0.39, 0.29) is 11.4 Å². The van der Waals surface area contributed by atoms with E-state index in [2.05, 4.69) is 26.9 Å². The molecule has 270 valence electrons. The van der Waals surface area contributed by atoms with Crippen LogP contribution >= 0.6 is 0 Å². The predicted molar refractivity (Wildman–Crippen MR) is 227 cm³/mol. The molecule has 10 rings (SSSR count). The van der Waals surface area contributed by atoms with Gasteiger partial charge in [-0.05, 0) is 95.1 Å². The Morgan fingerprint density at radius 3 is 1.72 bits per heavy atom. The maximum absolute atomic E-state index is 15.0. The van der Waals surface area contributed by atoms with E-state index in [0.717, 1.165) is 55.2 Å². The van der Waals surface area contributed by atoms with E-state index in [1.807, 2.05) is 144 Å². The van der Waals surface area contributed by atoms with Crippen molar-refractivity contribution < 1.29 is 9.59 Å². The number of amides is 2. The van der Waals surface area contributed by atoms with Crippen LogP contribution in [0.4, 0.5) is 11.5 Å². The molecule has 0 atom stereocenters. The molecule has 6 aromatic carbocycles. The van der Waals surface area contributed by atoms with Gasteiger partial charge in [0.2, 0.25) is 0 Å². The highest BCUT2D eigenvalue weighted by Crippen LogP contribution is 2.41. The van der Waals surface area contributed by atoms with Crippen molar-refractivity contribution >= 4 is 45.1 Å². The largest absolute Gasteiger partial charge is 0.361 e. The summed E-state index contributed by atoms with van der Waals surface area (Å²) in [5, 5.41) is 11.4. The molecule has 0 unspecified atom stereocenters. The van der Waals surface area contributed by atoms with Crippen LogP contribution in [0.1, 0.15) is 26.4 Å². The van der Waals surface area contributed by atoms with Gasteiger partial charge in [-0.1, -0.05) is 104 Å². The number of fused-ring (bicyclic) bond motifs is 4. The molecule has 2 amide bonds. The number of anilines is 1. The SMILES string of the molecule is [C-]#[N+]c1cccc(-c2ccc3c4ccc(-c5cccc(C#N)n5)cc4n(-c4cccc5c4C(=O)N(c4cc(-c6ccccc6)cc(-c6ccccc6)c4)C5=O)c3c2)n1. The average molecular weight is 745 g/mol. The van der Waals surface area contributed by atoms with Gasteiger partial charge in [-0.2, -0.15) is 5.26 Å². The van der Waals surface area contributed by atoms with E-state index in [0.29, 0.717) is 34.0 Å². The highest BCUT2D eigenvalue weighted by atomic mass is 16.2. The van der Waals surface area contributed by atoms with Crippen LogP contribution in [0, 0.1) is 17.9 Å². The van der Waals surface area contributed by atoms with Gasteiger partial charge < -0.3 is 9.41 Å². The third-order valence-electron chi connectivity index (χ3n) is 10.6. The number of pyridine rings is 2. The maximum Gasteiger partial charge on any atom is 0.270 e. The normalized spacial score (nSPS) is 12.1. The summed E-state index contributed by atoms with van der Waals surface area (Å²) in [6.07, 6.45) is 0. The molecule has 0 bridgehead atoms. The number of rotatable bonds is 6. The first-order chi connectivity index (χ1) is 28.5. The minimum absolute atomic E-state index is 0.284. The summed E-state index contributed by atoms with van der Waals surface area (Å²) >= 11 is 0. The number of imide groups is 1. The number of nitrogens with zero attached hydrogens (tertiary/aromatic N) is 6. The fourth-order valence-electron chi connectivity index (χ4n) is 7.92. The van der Waals surface area contributed by atoms with Crippen molar-refractivity contribution in [1.29, 1.82) is 5.26 Å². The van der Waals surface area contributed by atoms with Gasteiger partial charge in [0.1, 0.15) is 11.8 Å². The van der Waals surface area contributed by atoms with Crippen LogP contribution in [0.5, 0.6) is 0 Å². The summed E-state index contributed by atoms with van der Waals surface area (Å²) in [4.78, 5) is 43.6. The molecule has 1 aliphatic heterocycles. The Bertz CT molecular complexity index is 3080. The monoisotopic (exact) mass is 744 g/mol. The lowest BCUT2D eigenvalue weighted by atomic mass is 9.97. The van der Waals surface area contributed by atoms with Crippen LogP contribution in [0.15, 0.2) is 170 Å². The molecule has 0 saturated heterocycles. The highest BCUT2D eigenvalue weighted by molar-refractivity contribution is 6.36. The van der Waals surface area contributed by atoms with E-state index in [1.165, 1.54) is 4.90 Å². The lowest BCUT2D eigenvalue weighted by Crippen LogP contribution is -2.29. The summed E-state index contributed by atoms with van der Waals surface area (Å²) in [5.74, 6) is -0.561. The number of hydrogen-bond acceptors (Lipinski definition) is 5. The first-order valence-corrected chi connectivity index (χ1v) is 18.6. The zero-order valence-electron chi connectivity index (χ0n) is 30.7. The van der Waals surface area contributed by atoms with Gasteiger partial charge in [0.15, 0.2) is 5.69 Å². The number of hydrogen-bond donors (Lipinski definition) is 0. The number of nitriles is 1. The molecule has 4 heterocycles. The van der Waals surface area contributed by atoms with Gasteiger partial charge in [0.25, 0.3) is 17.6 Å². The highest BCUT2D eigenvalue weighted by Gasteiger charge is 2.40. The fraction of sp³-hybridized carbons (Fsp3) is 0. The zero-order chi connectivity index (χ0) is 39.3. The first-order valence-electron chi connectivity index (χ1n) is 18.6. The van der Waals surface area contributed by atoms with Crippen LogP contribution in [-0.4, -0.2) is 26.3 Å². The van der Waals surface area contributed by atoms with Gasteiger partial charge in [-0.3, -0.25) is 9.59 Å². The van der Waals surface area contributed by atoms with Crippen LogP contribution in [0.25, 0.3) is 77.1 Å². The second-order valence-corrected chi connectivity index (χ2v) is 14.0. The smallest absolute Gasteiger partial charge is 0.270 e. The Morgan fingerprint density at radius 1 is 0.534 bits per heavy atom. The number of benzene rings is 6. The Hall–Kier alpha value is -8.46. The first kappa shape index (κ1) is 34.1. The third kappa shape index (κ3) is 5.61. The van der Waals surface area contributed by atoms with Crippen molar-refractivity contribution in [1.82, 2.24) is 14.5 Å². The van der Waals surface area contributed by atoms with Gasteiger partial charge in [0, 0.05) is 21.9 Å². The molecule has 58 heavy (non-hydrogen) atoms. The van der Waals surface area contributed by atoms with Crippen LogP contribution < -0.4 is 4.90 Å². The predicted octanol–water partition coefficient (Wildman–Crippen LogP) is 11.5. The van der Waals surface area contributed by atoms with E-state index >= 15 is 4.79 Å². The molecule has 8 heteroatoms. The molecule has 0 fully saturated rings. The van der Waals surface area contributed by atoms with Crippen molar-refractivity contribution in [3.05, 3.63) is 198 Å². The Morgan fingerprint density at radius 2 is 1.12 bits per heavy atom. The second kappa shape index (κ2) is 13.7. The van der Waals surface area contributed by atoms with Crippen molar-refractivity contribution in [3.63, 3.8) is 0 Å². The van der Waals surface area contributed by atoms with Crippen LogP contribution in [0.3, 0.4) is 0 Å². The van der Waals surface area contributed by atoms with Gasteiger partial charge in [-0.25, -0.2) is 9.88 Å². The standard InChI is InChI=1S/C50H28N6O2/c1-52-47-20-10-18-43(54-47)34-22-24-40-39-23-21-33(42-17-8-15-37(30-51)53-42)28-45(39)56(46(40)29-34)44-19-9-16-41-48(44)50(58)55(49(41)57)38-26-35(31-11-4-2-5-12-31)25-36(27-38)32-13-6-3-7-14-32/h2-29H. The zero-order valence-corrected chi connectivity index (χ0v) is 30.7. The van der Waals surface area contributed by atoms with Crippen LogP contribution in [0.2, 0.25) is 0 Å². The van der Waals surface area contributed by atoms with Crippen molar-refractivity contribution in [2.75, 3.05) is 4.90 Å². The topological polar surface area (TPSA) is 96.2 Å². The van der Waals surface area contributed by atoms with Gasteiger partial charge in [-0.15, -0.1) is 4.98 Å². The Labute approximate surface area is 333 Å². The number of carbonyl (C=O) groups is 2. The fourth-order valence-corrected chi connectivity index (χ4v) is 7.92. The summed E-state index contributed by atoms with van der Waals surface area (Å²) in [6, 6.07) is 55.9. The van der Waals surface area contributed by atoms with Crippen molar-refractivity contribution in [2.24, 2.45) is 0 Å². The number of carbonyl (C=O) groups excluding carboxylic acids is 2. The van der Waals surface area contributed by atoms with E-state index in [1.54, 1.807) is 24.3 Å². The summed E-state index contributed by atoms with van der Waals surface area (Å²) < 4.78 is 2.02. The Kier molecular flexibility index (Phi) is 8.04. The lowest BCUT2D eigenvalue weighted by molar-refractivity contribution is 0.0926. The average Bonchev–Trinajstić information content (AvgIpc) is 3.75.